The Morgan fingerprint density at radius 1 is 0.976 bits per heavy atom. The Morgan fingerprint density at radius 3 is 2.27 bits per heavy atom. The van der Waals surface area contributed by atoms with E-state index in [4.69, 9.17) is 0 Å². The SMILES string of the molecule is CSCC[C@H](NC(=O)c1ccc(S(=O)(=O)N(Cc2ccccc2)c2cccnc2)cc1-c1ccccc1)C(=O)O.[LiH]. The third-order valence-electron chi connectivity index (χ3n) is 6.23. The molecule has 4 rings (SSSR count). The number of sulfonamides is 1. The van der Waals surface area contributed by atoms with Gasteiger partial charge in [-0.15, -0.1) is 0 Å². The van der Waals surface area contributed by atoms with Crippen molar-refractivity contribution in [1.82, 2.24) is 10.3 Å². The van der Waals surface area contributed by atoms with Gasteiger partial charge in [-0.2, -0.15) is 11.8 Å². The molecule has 0 saturated heterocycles. The number of hydrogen-bond donors (Lipinski definition) is 2. The number of carbonyl (C=O) groups is 2. The van der Waals surface area contributed by atoms with E-state index in [0.717, 1.165) is 5.56 Å². The number of benzene rings is 3. The molecule has 11 heteroatoms. The third-order valence-corrected chi connectivity index (χ3v) is 8.64. The molecule has 41 heavy (non-hydrogen) atoms. The van der Waals surface area contributed by atoms with Crippen LogP contribution in [0.4, 0.5) is 5.69 Å². The minimum absolute atomic E-state index is 0. The number of anilines is 1. The van der Waals surface area contributed by atoms with Crippen molar-refractivity contribution in [3.8, 4) is 11.1 Å². The van der Waals surface area contributed by atoms with Crippen LogP contribution in [-0.2, 0) is 21.4 Å². The molecule has 0 spiro atoms. The van der Waals surface area contributed by atoms with Gasteiger partial charge in [0.1, 0.15) is 6.04 Å². The fraction of sp³-hybridized carbons (Fsp3) is 0.167. The molecule has 1 aromatic heterocycles. The summed E-state index contributed by atoms with van der Waals surface area (Å²) in [6, 6.07) is 24.7. The molecule has 3 aromatic carbocycles. The quantitative estimate of drug-likeness (QED) is 0.237. The Balaban J connectivity index is 0.00000462. The summed E-state index contributed by atoms with van der Waals surface area (Å²) in [6.07, 6.45) is 5.18. The molecule has 0 radical (unpaired) electrons. The van der Waals surface area contributed by atoms with Gasteiger partial charge < -0.3 is 10.4 Å². The summed E-state index contributed by atoms with van der Waals surface area (Å²) in [5.41, 5.74) is 2.36. The first-order valence-electron chi connectivity index (χ1n) is 12.5. The molecular weight excluding hydrogens is 553 g/mol. The Hall–Kier alpha value is -3.55. The Bertz CT molecular complexity index is 1560. The second-order valence-corrected chi connectivity index (χ2v) is 11.8. The molecule has 2 N–H and O–H groups in total. The summed E-state index contributed by atoms with van der Waals surface area (Å²) in [7, 11) is -4.11. The molecule has 0 saturated carbocycles. The average Bonchev–Trinajstić information content (AvgIpc) is 2.98. The molecule has 1 heterocycles. The molecule has 208 valence electrons. The van der Waals surface area contributed by atoms with E-state index in [2.05, 4.69) is 10.3 Å². The molecule has 0 aliphatic heterocycles. The number of rotatable bonds is 12. The van der Waals surface area contributed by atoms with Crippen LogP contribution in [0.25, 0.3) is 11.1 Å². The van der Waals surface area contributed by atoms with Crippen molar-refractivity contribution < 1.29 is 23.1 Å². The normalized spacial score (nSPS) is 11.6. The van der Waals surface area contributed by atoms with Crippen LogP contribution in [-0.4, -0.2) is 67.3 Å². The maximum absolute atomic E-state index is 14.1. The summed E-state index contributed by atoms with van der Waals surface area (Å²) in [5.74, 6) is -1.16. The van der Waals surface area contributed by atoms with Gasteiger partial charge in [0.05, 0.1) is 23.3 Å². The number of nitrogens with zero attached hydrogens (tertiary/aromatic N) is 2. The first-order valence-corrected chi connectivity index (χ1v) is 15.3. The summed E-state index contributed by atoms with van der Waals surface area (Å²) >= 11 is 1.49. The van der Waals surface area contributed by atoms with E-state index in [9.17, 15) is 23.1 Å². The van der Waals surface area contributed by atoms with Crippen LogP contribution < -0.4 is 9.62 Å². The van der Waals surface area contributed by atoms with E-state index < -0.39 is 27.9 Å². The topological polar surface area (TPSA) is 117 Å². The van der Waals surface area contributed by atoms with Crippen LogP contribution in [0, 0.1) is 0 Å². The van der Waals surface area contributed by atoms with Crippen molar-refractivity contribution in [2.24, 2.45) is 0 Å². The van der Waals surface area contributed by atoms with E-state index in [1.165, 1.54) is 40.5 Å². The fourth-order valence-electron chi connectivity index (χ4n) is 4.16. The van der Waals surface area contributed by atoms with E-state index >= 15 is 0 Å². The van der Waals surface area contributed by atoms with E-state index in [0.29, 0.717) is 22.6 Å². The Labute approximate surface area is 256 Å². The molecule has 0 aliphatic carbocycles. The number of nitrogens with one attached hydrogen (secondary N) is 1. The molecule has 0 bridgehead atoms. The van der Waals surface area contributed by atoms with Gasteiger partial charge in [0.15, 0.2) is 0 Å². The molecule has 4 aromatic rings. The molecule has 0 unspecified atom stereocenters. The van der Waals surface area contributed by atoms with E-state index in [1.54, 1.807) is 42.6 Å². The van der Waals surface area contributed by atoms with Crippen LogP contribution in [0.1, 0.15) is 22.3 Å². The Kier molecular flexibility index (Phi) is 11.6. The maximum atomic E-state index is 14.1. The molecule has 0 fully saturated rings. The molecular formula is C30H30LiN3O5S2. The number of carbonyl (C=O) groups excluding carboxylic acids is 1. The van der Waals surface area contributed by atoms with Gasteiger partial charge >= 0.3 is 24.8 Å². The van der Waals surface area contributed by atoms with Crippen LogP contribution in [0.3, 0.4) is 0 Å². The summed E-state index contributed by atoms with van der Waals surface area (Å²) in [5, 5.41) is 12.2. The average molecular weight is 584 g/mol. The van der Waals surface area contributed by atoms with Crippen LogP contribution in [0.15, 0.2) is 108 Å². The first-order chi connectivity index (χ1) is 19.3. The second kappa shape index (κ2) is 14.9. The molecule has 8 nitrogen and oxygen atoms in total. The van der Waals surface area contributed by atoms with Gasteiger partial charge in [-0.05, 0) is 65.5 Å². The zero-order valence-electron chi connectivity index (χ0n) is 21.8. The third kappa shape index (κ3) is 8.02. The number of carboxylic acid groups (broad SMARTS) is 1. The summed E-state index contributed by atoms with van der Waals surface area (Å²) in [6.45, 7) is 0.0769. The number of pyridine rings is 1. The van der Waals surface area contributed by atoms with Crippen molar-refractivity contribution in [2.45, 2.75) is 23.9 Å². The van der Waals surface area contributed by atoms with Gasteiger partial charge in [-0.25, -0.2) is 13.2 Å². The molecule has 1 atom stereocenters. The van der Waals surface area contributed by atoms with Crippen molar-refractivity contribution in [1.29, 1.82) is 0 Å². The van der Waals surface area contributed by atoms with E-state index in [-0.39, 0.29) is 42.3 Å². The van der Waals surface area contributed by atoms with Crippen molar-refractivity contribution in [2.75, 3.05) is 16.3 Å². The van der Waals surface area contributed by atoms with Gasteiger partial charge in [0.25, 0.3) is 15.9 Å². The summed E-state index contributed by atoms with van der Waals surface area (Å²) in [4.78, 5) is 29.2. The zero-order valence-corrected chi connectivity index (χ0v) is 23.4. The van der Waals surface area contributed by atoms with Crippen LogP contribution in [0.2, 0.25) is 0 Å². The second-order valence-electron chi connectivity index (χ2n) is 8.93. The minimum atomic E-state index is -4.11. The van der Waals surface area contributed by atoms with Crippen LogP contribution in [0.5, 0.6) is 0 Å². The fourth-order valence-corrected chi connectivity index (χ4v) is 6.10. The summed E-state index contributed by atoms with van der Waals surface area (Å²) < 4.78 is 29.5. The number of hydrogen-bond acceptors (Lipinski definition) is 6. The van der Waals surface area contributed by atoms with Crippen LogP contribution >= 0.6 is 11.8 Å². The van der Waals surface area contributed by atoms with Gasteiger partial charge in [-0.3, -0.25) is 14.1 Å². The zero-order chi connectivity index (χ0) is 28.5. The monoisotopic (exact) mass is 583 g/mol. The number of thioether (sulfide) groups is 1. The van der Waals surface area contributed by atoms with E-state index in [1.807, 2.05) is 42.7 Å². The predicted octanol–water partition coefficient (Wildman–Crippen LogP) is 4.43. The van der Waals surface area contributed by atoms with Crippen molar-refractivity contribution in [3.05, 3.63) is 115 Å². The number of carboxylic acids is 1. The number of aliphatic carboxylic acids is 1. The number of amides is 1. The van der Waals surface area contributed by atoms with Gasteiger partial charge in [0, 0.05) is 11.8 Å². The van der Waals surface area contributed by atoms with Crippen molar-refractivity contribution in [3.63, 3.8) is 0 Å². The predicted molar refractivity (Wildman–Crippen MR) is 165 cm³/mol. The number of aromatic nitrogens is 1. The van der Waals surface area contributed by atoms with Gasteiger partial charge in [-0.1, -0.05) is 60.7 Å². The standard InChI is InChI=1S/C30H29N3O5S2.Li.H/c1-39-18-16-28(30(35)36)32-29(34)26-15-14-25(19-27(26)23-11-6-3-7-12-23)40(37,38)33(24-13-8-17-31-20-24)21-22-9-4-2-5-10-22;;/h2-15,17,19-20,28H,16,18,21H2,1H3,(H,32,34)(H,35,36);;/t28-;;/m0../s1. The first kappa shape index (κ1) is 32.0. The molecule has 1 amide bonds. The Morgan fingerprint density at radius 2 is 1.66 bits per heavy atom. The van der Waals surface area contributed by atoms with Gasteiger partial charge in [0.2, 0.25) is 0 Å². The van der Waals surface area contributed by atoms with Crippen molar-refractivity contribution >= 4 is 58.2 Å². The molecule has 0 aliphatic rings.